The summed E-state index contributed by atoms with van der Waals surface area (Å²) in [5.41, 5.74) is 4.86. The minimum Gasteiger partial charge on any atom is -0.368 e. The Bertz CT molecular complexity index is 269. The van der Waals surface area contributed by atoms with Crippen LogP contribution in [0.3, 0.4) is 0 Å². The molecule has 3 unspecified atom stereocenters. The highest BCUT2D eigenvalue weighted by molar-refractivity contribution is 5.84. The van der Waals surface area contributed by atoms with E-state index in [1.54, 1.807) is 7.05 Å². The lowest BCUT2D eigenvalue weighted by atomic mass is 9.90. The summed E-state index contributed by atoms with van der Waals surface area (Å²) < 4.78 is 0. The summed E-state index contributed by atoms with van der Waals surface area (Å²) >= 11 is 0. The molecule has 1 amide bonds. The van der Waals surface area contributed by atoms with Gasteiger partial charge in [0.1, 0.15) is 0 Å². The third kappa shape index (κ3) is 3.42. The third-order valence-electron chi connectivity index (χ3n) is 4.50. The van der Waals surface area contributed by atoms with Crippen molar-refractivity contribution >= 4 is 5.91 Å². The Hall–Kier alpha value is -0.610. The molecule has 0 spiro atoms. The van der Waals surface area contributed by atoms with Gasteiger partial charge in [-0.2, -0.15) is 0 Å². The smallest absolute Gasteiger partial charge is 0.237 e. The number of likely N-dealkylation sites (N-methyl/N-ethyl adjacent to an activating group) is 1. The number of hydrogen-bond donors (Lipinski definition) is 2. The maximum absolute atomic E-state index is 11.4. The molecule has 1 fully saturated rings. The van der Waals surface area contributed by atoms with Gasteiger partial charge in [0.05, 0.1) is 5.54 Å². The molecule has 4 heteroatoms. The van der Waals surface area contributed by atoms with Gasteiger partial charge in [-0.1, -0.05) is 6.92 Å². The van der Waals surface area contributed by atoms with Crippen LogP contribution >= 0.6 is 0 Å². The topological polar surface area (TPSA) is 58.4 Å². The molecular formula is C13H27N3O. The molecule has 0 bridgehead atoms. The van der Waals surface area contributed by atoms with Crippen LogP contribution in [-0.4, -0.2) is 42.5 Å². The van der Waals surface area contributed by atoms with Crippen LogP contribution in [-0.2, 0) is 4.79 Å². The summed E-state index contributed by atoms with van der Waals surface area (Å²) in [6.45, 7) is 8.55. The Balaban J connectivity index is 2.51. The third-order valence-corrected chi connectivity index (χ3v) is 4.50. The van der Waals surface area contributed by atoms with E-state index in [9.17, 15) is 4.79 Å². The first kappa shape index (κ1) is 14.5. The number of nitrogens with two attached hydrogens (primary N) is 1. The quantitative estimate of drug-likeness (QED) is 0.754. The molecule has 0 saturated carbocycles. The standard InChI is InChI=1S/C13H27N3O/c1-10-6-5-8-16(11(10)2)9-7-13(3,15-4)12(14)17/h10-11,15H,5-9H2,1-4H3,(H2,14,17). The van der Waals surface area contributed by atoms with Gasteiger partial charge in [-0.3, -0.25) is 4.79 Å². The minimum absolute atomic E-state index is 0.266. The number of primary amides is 1. The lowest BCUT2D eigenvalue weighted by Crippen LogP contribution is -2.54. The first-order valence-electron chi connectivity index (χ1n) is 6.63. The molecule has 1 aliphatic rings. The van der Waals surface area contributed by atoms with Crippen molar-refractivity contribution < 1.29 is 4.79 Å². The van der Waals surface area contributed by atoms with Crippen molar-refractivity contribution in [3.63, 3.8) is 0 Å². The number of carbonyl (C=O) groups is 1. The van der Waals surface area contributed by atoms with Crippen LogP contribution in [0.4, 0.5) is 0 Å². The SMILES string of the molecule is CNC(C)(CCN1CCCC(C)C1C)C(N)=O. The second-order valence-electron chi connectivity index (χ2n) is 5.59. The number of carbonyl (C=O) groups excluding carboxylic acids is 1. The number of nitrogens with one attached hydrogen (secondary N) is 1. The average Bonchev–Trinajstić information content (AvgIpc) is 2.30. The molecule has 0 radical (unpaired) electrons. The van der Waals surface area contributed by atoms with Crippen LogP contribution < -0.4 is 11.1 Å². The van der Waals surface area contributed by atoms with Gasteiger partial charge in [-0.15, -0.1) is 0 Å². The Kier molecular flexibility index (Phi) is 4.95. The summed E-state index contributed by atoms with van der Waals surface area (Å²) in [5.74, 6) is 0.482. The Morgan fingerprint density at radius 3 is 2.71 bits per heavy atom. The predicted molar refractivity (Wildman–Crippen MR) is 70.7 cm³/mol. The summed E-state index contributed by atoms with van der Waals surface area (Å²) in [6.07, 6.45) is 3.35. The highest BCUT2D eigenvalue weighted by atomic mass is 16.1. The monoisotopic (exact) mass is 241 g/mol. The van der Waals surface area contributed by atoms with E-state index in [1.165, 1.54) is 12.8 Å². The van der Waals surface area contributed by atoms with Crippen LogP contribution in [0.15, 0.2) is 0 Å². The highest BCUT2D eigenvalue weighted by Gasteiger charge is 2.31. The van der Waals surface area contributed by atoms with Crippen molar-refractivity contribution in [2.24, 2.45) is 11.7 Å². The summed E-state index contributed by atoms with van der Waals surface area (Å²) in [7, 11) is 1.80. The normalized spacial score (nSPS) is 29.9. The summed E-state index contributed by atoms with van der Waals surface area (Å²) in [4.78, 5) is 13.9. The number of rotatable bonds is 5. The van der Waals surface area contributed by atoms with Crippen molar-refractivity contribution in [1.29, 1.82) is 0 Å². The molecule has 100 valence electrons. The van der Waals surface area contributed by atoms with Gasteiger partial charge in [-0.05, 0) is 52.6 Å². The maximum Gasteiger partial charge on any atom is 0.237 e. The zero-order valence-electron chi connectivity index (χ0n) is 11.6. The molecule has 0 aromatic carbocycles. The second-order valence-corrected chi connectivity index (χ2v) is 5.59. The molecule has 17 heavy (non-hydrogen) atoms. The zero-order chi connectivity index (χ0) is 13.1. The van der Waals surface area contributed by atoms with Gasteiger partial charge >= 0.3 is 0 Å². The van der Waals surface area contributed by atoms with Crippen LogP contribution in [0, 0.1) is 5.92 Å². The Labute approximate surface area is 105 Å². The largest absolute Gasteiger partial charge is 0.368 e. The van der Waals surface area contributed by atoms with Gasteiger partial charge in [0.25, 0.3) is 0 Å². The van der Waals surface area contributed by atoms with E-state index in [4.69, 9.17) is 5.73 Å². The number of nitrogens with zero attached hydrogens (tertiary/aromatic N) is 1. The van der Waals surface area contributed by atoms with Crippen LogP contribution in [0.5, 0.6) is 0 Å². The number of likely N-dealkylation sites (tertiary alicyclic amines) is 1. The maximum atomic E-state index is 11.4. The van der Waals surface area contributed by atoms with Gasteiger partial charge in [0.2, 0.25) is 5.91 Å². The predicted octanol–water partition coefficient (Wildman–Crippen LogP) is 0.960. The van der Waals surface area contributed by atoms with E-state index in [1.807, 2.05) is 6.92 Å². The van der Waals surface area contributed by atoms with Crippen molar-refractivity contribution in [3.05, 3.63) is 0 Å². The van der Waals surface area contributed by atoms with Crippen molar-refractivity contribution in [2.45, 2.75) is 51.6 Å². The fraction of sp³-hybridized carbons (Fsp3) is 0.923. The van der Waals surface area contributed by atoms with Gasteiger partial charge in [0, 0.05) is 12.6 Å². The molecule has 4 nitrogen and oxygen atoms in total. The zero-order valence-corrected chi connectivity index (χ0v) is 11.6. The Morgan fingerprint density at radius 1 is 1.53 bits per heavy atom. The molecule has 1 heterocycles. The second kappa shape index (κ2) is 5.83. The van der Waals surface area contributed by atoms with Crippen LogP contribution in [0.1, 0.15) is 40.0 Å². The van der Waals surface area contributed by atoms with E-state index in [0.717, 1.165) is 25.4 Å². The fourth-order valence-corrected chi connectivity index (χ4v) is 2.48. The number of piperidine rings is 1. The average molecular weight is 241 g/mol. The molecule has 1 rings (SSSR count). The van der Waals surface area contributed by atoms with Crippen LogP contribution in [0.25, 0.3) is 0 Å². The van der Waals surface area contributed by atoms with Crippen molar-refractivity contribution in [2.75, 3.05) is 20.1 Å². The molecule has 3 atom stereocenters. The fourth-order valence-electron chi connectivity index (χ4n) is 2.48. The van der Waals surface area contributed by atoms with Crippen molar-refractivity contribution in [3.8, 4) is 0 Å². The lowest BCUT2D eigenvalue weighted by Gasteiger charge is -2.39. The lowest BCUT2D eigenvalue weighted by molar-refractivity contribution is -0.124. The van der Waals surface area contributed by atoms with E-state index in [2.05, 4.69) is 24.1 Å². The van der Waals surface area contributed by atoms with Crippen molar-refractivity contribution in [1.82, 2.24) is 10.2 Å². The van der Waals surface area contributed by atoms with E-state index >= 15 is 0 Å². The van der Waals surface area contributed by atoms with Crippen LogP contribution in [0.2, 0.25) is 0 Å². The summed E-state index contributed by atoms with van der Waals surface area (Å²) in [6, 6.07) is 0.609. The molecule has 0 aliphatic carbocycles. The van der Waals surface area contributed by atoms with Gasteiger partial charge in [-0.25, -0.2) is 0 Å². The van der Waals surface area contributed by atoms with Gasteiger partial charge in [0.15, 0.2) is 0 Å². The van der Waals surface area contributed by atoms with E-state index in [0.29, 0.717) is 6.04 Å². The highest BCUT2D eigenvalue weighted by Crippen LogP contribution is 2.23. The molecular weight excluding hydrogens is 214 g/mol. The molecule has 1 aliphatic heterocycles. The Morgan fingerprint density at radius 2 is 2.18 bits per heavy atom. The molecule has 1 saturated heterocycles. The number of amides is 1. The molecule has 0 aromatic rings. The summed E-state index contributed by atoms with van der Waals surface area (Å²) in [5, 5.41) is 3.04. The van der Waals surface area contributed by atoms with E-state index < -0.39 is 5.54 Å². The first-order chi connectivity index (χ1) is 7.90. The first-order valence-corrected chi connectivity index (χ1v) is 6.63. The van der Waals surface area contributed by atoms with E-state index in [-0.39, 0.29) is 5.91 Å². The molecule has 0 aromatic heterocycles. The van der Waals surface area contributed by atoms with Gasteiger partial charge < -0.3 is 16.0 Å². The number of hydrogen-bond acceptors (Lipinski definition) is 3. The minimum atomic E-state index is -0.583. The molecule has 3 N–H and O–H groups in total.